The van der Waals surface area contributed by atoms with Gasteiger partial charge in [0.05, 0.1) is 0 Å². The number of aliphatic imine (C=N–C) groups is 1. The van der Waals surface area contributed by atoms with E-state index < -0.39 is 0 Å². The summed E-state index contributed by atoms with van der Waals surface area (Å²) in [6.07, 6.45) is 6.15. The molecule has 0 N–H and O–H groups in total. The fraction of sp³-hybridized carbons (Fsp3) is 0.444. The van der Waals surface area contributed by atoms with Gasteiger partial charge in [-0.05, 0) is 25.6 Å². The highest BCUT2D eigenvalue weighted by atomic mass is 15.1. The van der Waals surface area contributed by atoms with Gasteiger partial charge in [0.25, 0.3) is 0 Å². The standard InChI is InChI=1S/C9H14N2/c1-9(5-6-10-2)11-7-3-4-8-11/h5-6H,1-4,7-8H2. The van der Waals surface area contributed by atoms with Crippen molar-refractivity contribution in [1.82, 2.24) is 4.90 Å². The van der Waals surface area contributed by atoms with E-state index in [1.54, 1.807) is 6.20 Å². The van der Waals surface area contributed by atoms with Crippen LogP contribution in [-0.2, 0) is 0 Å². The van der Waals surface area contributed by atoms with Gasteiger partial charge in [0, 0.05) is 25.0 Å². The van der Waals surface area contributed by atoms with Crippen LogP contribution in [0.4, 0.5) is 0 Å². The number of hydrogen-bond donors (Lipinski definition) is 0. The minimum Gasteiger partial charge on any atom is -0.372 e. The number of likely N-dealkylation sites (tertiary alicyclic amines) is 1. The molecule has 0 unspecified atom stereocenters. The van der Waals surface area contributed by atoms with Gasteiger partial charge in [-0.25, -0.2) is 0 Å². The van der Waals surface area contributed by atoms with Crippen LogP contribution in [0.3, 0.4) is 0 Å². The number of rotatable bonds is 3. The summed E-state index contributed by atoms with van der Waals surface area (Å²) in [5, 5.41) is 0. The molecule has 0 aromatic heterocycles. The van der Waals surface area contributed by atoms with Gasteiger partial charge in [-0.15, -0.1) is 0 Å². The second-order valence-corrected chi connectivity index (χ2v) is 2.68. The van der Waals surface area contributed by atoms with Crippen LogP contribution in [0.1, 0.15) is 12.8 Å². The lowest BCUT2D eigenvalue weighted by atomic mass is 10.4. The number of nitrogens with zero attached hydrogens (tertiary/aromatic N) is 2. The van der Waals surface area contributed by atoms with Crippen LogP contribution >= 0.6 is 0 Å². The molecule has 0 aromatic rings. The van der Waals surface area contributed by atoms with Crippen molar-refractivity contribution in [3.8, 4) is 0 Å². The minimum atomic E-state index is 1.05. The molecule has 60 valence electrons. The van der Waals surface area contributed by atoms with Gasteiger partial charge in [0.1, 0.15) is 0 Å². The van der Waals surface area contributed by atoms with Crippen molar-refractivity contribution in [3.05, 3.63) is 24.6 Å². The average molecular weight is 150 g/mol. The van der Waals surface area contributed by atoms with Crippen LogP contribution in [-0.4, -0.2) is 24.7 Å². The summed E-state index contributed by atoms with van der Waals surface area (Å²) in [7, 11) is 0. The van der Waals surface area contributed by atoms with Gasteiger partial charge in [-0.3, -0.25) is 4.99 Å². The molecule has 2 nitrogen and oxygen atoms in total. The third-order valence-electron chi connectivity index (χ3n) is 1.88. The van der Waals surface area contributed by atoms with Crippen LogP contribution in [0, 0.1) is 0 Å². The SMILES string of the molecule is C=NC=CC(=C)N1CCCC1. The normalized spacial score (nSPS) is 17.6. The summed E-state index contributed by atoms with van der Waals surface area (Å²) in [6, 6.07) is 0. The molecule has 1 aliphatic heterocycles. The highest BCUT2D eigenvalue weighted by molar-refractivity contribution is 5.27. The average Bonchev–Trinajstić information content (AvgIpc) is 2.52. The van der Waals surface area contributed by atoms with Gasteiger partial charge >= 0.3 is 0 Å². The Hall–Kier alpha value is -1.05. The van der Waals surface area contributed by atoms with Crippen LogP contribution in [0.2, 0.25) is 0 Å². The summed E-state index contributed by atoms with van der Waals surface area (Å²) in [6.45, 7) is 9.57. The minimum absolute atomic E-state index is 1.05. The van der Waals surface area contributed by atoms with Gasteiger partial charge in [-0.1, -0.05) is 6.58 Å². The molecule has 1 aliphatic rings. The van der Waals surface area contributed by atoms with Crippen LogP contribution in [0.25, 0.3) is 0 Å². The molecule has 0 saturated carbocycles. The quantitative estimate of drug-likeness (QED) is 0.442. The van der Waals surface area contributed by atoms with E-state index >= 15 is 0 Å². The highest BCUT2D eigenvalue weighted by Crippen LogP contribution is 2.13. The smallest absolute Gasteiger partial charge is 0.0308 e. The summed E-state index contributed by atoms with van der Waals surface area (Å²) in [5.74, 6) is 0. The van der Waals surface area contributed by atoms with Crippen LogP contribution < -0.4 is 0 Å². The van der Waals surface area contributed by atoms with E-state index in [1.807, 2.05) is 6.08 Å². The molecular formula is C9H14N2. The lowest BCUT2D eigenvalue weighted by Gasteiger charge is -2.16. The lowest BCUT2D eigenvalue weighted by Crippen LogP contribution is -2.15. The maximum absolute atomic E-state index is 3.93. The molecule has 0 aliphatic carbocycles. The zero-order chi connectivity index (χ0) is 8.10. The summed E-state index contributed by atoms with van der Waals surface area (Å²) >= 11 is 0. The predicted molar refractivity (Wildman–Crippen MR) is 48.6 cm³/mol. The van der Waals surface area contributed by atoms with E-state index in [-0.39, 0.29) is 0 Å². The summed E-state index contributed by atoms with van der Waals surface area (Å²) in [5.41, 5.74) is 1.05. The van der Waals surface area contributed by atoms with E-state index in [4.69, 9.17) is 0 Å². The first-order valence-corrected chi connectivity index (χ1v) is 3.91. The fourth-order valence-electron chi connectivity index (χ4n) is 1.25. The van der Waals surface area contributed by atoms with Crippen molar-refractivity contribution in [2.75, 3.05) is 13.1 Å². The van der Waals surface area contributed by atoms with Gasteiger partial charge < -0.3 is 4.90 Å². The van der Waals surface area contributed by atoms with Gasteiger partial charge in [0.2, 0.25) is 0 Å². The van der Waals surface area contributed by atoms with E-state index in [9.17, 15) is 0 Å². The Kier molecular flexibility index (Phi) is 2.90. The topological polar surface area (TPSA) is 15.6 Å². The van der Waals surface area contributed by atoms with Crippen molar-refractivity contribution in [2.45, 2.75) is 12.8 Å². The van der Waals surface area contributed by atoms with E-state index in [2.05, 4.69) is 23.2 Å². The molecule has 1 saturated heterocycles. The Morgan fingerprint density at radius 3 is 2.55 bits per heavy atom. The lowest BCUT2D eigenvalue weighted by molar-refractivity contribution is 0.442. The molecule has 0 amide bonds. The second-order valence-electron chi connectivity index (χ2n) is 2.68. The monoisotopic (exact) mass is 150 g/mol. The third-order valence-corrected chi connectivity index (χ3v) is 1.88. The van der Waals surface area contributed by atoms with Crippen molar-refractivity contribution >= 4 is 6.72 Å². The molecule has 0 aromatic carbocycles. The first-order chi connectivity index (χ1) is 5.34. The molecule has 1 rings (SSSR count). The Morgan fingerprint density at radius 2 is 2.00 bits per heavy atom. The molecule has 11 heavy (non-hydrogen) atoms. The molecule has 2 heteroatoms. The molecule has 0 radical (unpaired) electrons. The zero-order valence-electron chi connectivity index (χ0n) is 6.79. The Labute approximate surface area is 67.9 Å². The fourth-order valence-corrected chi connectivity index (χ4v) is 1.25. The molecule has 0 atom stereocenters. The first-order valence-electron chi connectivity index (χ1n) is 3.91. The van der Waals surface area contributed by atoms with Crippen LogP contribution in [0.15, 0.2) is 29.5 Å². The van der Waals surface area contributed by atoms with Crippen molar-refractivity contribution < 1.29 is 0 Å². The van der Waals surface area contributed by atoms with E-state index in [0.717, 1.165) is 18.8 Å². The molecule has 0 bridgehead atoms. The second kappa shape index (κ2) is 3.96. The highest BCUT2D eigenvalue weighted by Gasteiger charge is 2.10. The van der Waals surface area contributed by atoms with E-state index in [1.165, 1.54) is 12.8 Å². The Bertz CT molecular complexity index is 176. The van der Waals surface area contributed by atoms with Gasteiger partial charge in [-0.2, -0.15) is 0 Å². The van der Waals surface area contributed by atoms with E-state index in [0.29, 0.717) is 0 Å². The molecular weight excluding hydrogens is 136 g/mol. The molecule has 1 fully saturated rings. The maximum atomic E-state index is 3.93. The van der Waals surface area contributed by atoms with Crippen molar-refractivity contribution in [1.29, 1.82) is 0 Å². The summed E-state index contributed by atoms with van der Waals surface area (Å²) < 4.78 is 0. The largest absolute Gasteiger partial charge is 0.372 e. The predicted octanol–water partition coefficient (Wildman–Crippen LogP) is 1.81. The maximum Gasteiger partial charge on any atom is 0.0308 e. The summed E-state index contributed by atoms with van der Waals surface area (Å²) in [4.78, 5) is 5.89. The number of hydrogen-bond acceptors (Lipinski definition) is 2. The number of allylic oxidation sites excluding steroid dienone is 1. The van der Waals surface area contributed by atoms with Crippen molar-refractivity contribution in [2.24, 2.45) is 4.99 Å². The molecule has 0 spiro atoms. The molecule has 1 heterocycles. The van der Waals surface area contributed by atoms with Gasteiger partial charge in [0.15, 0.2) is 0 Å². The van der Waals surface area contributed by atoms with Crippen LogP contribution in [0.5, 0.6) is 0 Å². The first kappa shape index (κ1) is 8.05. The zero-order valence-corrected chi connectivity index (χ0v) is 6.79. The Balaban J connectivity index is 2.40. The van der Waals surface area contributed by atoms with Crippen molar-refractivity contribution in [3.63, 3.8) is 0 Å². The Morgan fingerprint density at radius 1 is 1.36 bits per heavy atom. The third kappa shape index (κ3) is 2.22.